The summed E-state index contributed by atoms with van der Waals surface area (Å²) in [5, 5.41) is 2.96. The van der Waals surface area contributed by atoms with E-state index in [1.165, 1.54) is 25.9 Å². The van der Waals surface area contributed by atoms with Crippen molar-refractivity contribution in [2.45, 2.75) is 25.7 Å². The minimum Gasteiger partial charge on any atom is -0.493 e. The maximum atomic E-state index is 12.3. The molecule has 122 valence electrons. The Morgan fingerprint density at radius 3 is 2.64 bits per heavy atom. The number of ether oxygens (including phenoxy) is 2. The number of methoxy groups -OCH3 is 2. The highest BCUT2D eigenvalue weighted by atomic mass is 16.5. The molecule has 0 unspecified atom stereocenters. The summed E-state index contributed by atoms with van der Waals surface area (Å²) in [4.78, 5) is 14.7. The number of benzene rings is 1. The van der Waals surface area contributed by atoms with Crippen molar-refractivity contribution in [1.29, 1.82) is 0 Å². The topological polar surface area (TPSA) is 50.8 Å². The number of nitrogens with one attached hydrogen (secondary N) is 1. The van der Waals surface area contributed by atoms with E-state index in [-0.39, 0.29) is 5.91 Å². The molecule has 1 N–H and O–H groups in total. The Kier molecular flexibility index (Phi) is 6.52. The lowest BCUT2D eigenvalue weighted by Crippen LogP contribution is -2.26. The first kappa shape index (κ1) is 16.6. The van der Waals surface area contributed by atoms with E-state index in [1.807, 2.05) is 0 Å². The SMILES string of the molecule is COc1cccc(C(=O)NCCCCN2CCCC2)c1OC. The molecule has 2 rings (SSSR count). The summed E-state index contributed by atoms with van der Waals surface area (Å²) in [5.74, 6) is 0.945. The van der Waals surface area contributed by atoms with Gasteiger partial charge in [-0.1, -0.05) is 6.07 Å². The van der Waals surface area contributed by atoms with Gasteiger partial charge in [-0.3, -0.25) is 4.79 Å². The molecule has 0 bridgehead atoms. The van der Waals surface area contributed by atoms with Crippen LogP contribution in [0.2, 0.25) is 0 Å². The maximum Gasteiger partial charge on any atom is 0.255 e. The van der Waals surface area contributed by atoms with Crippen molar-refractivity contribution in [2.24, 2.45) is 0 Å². The van der Waals surface area contributed by atoms with Crippen LogP contribution in [0.4, 0.5) is 0 Å². The van der Waals surface area contributed by atoms with E-state index >= 15 is 0 Å². The lowest BCUT2D eigenvalue weighted by molar-refractivity contribution is 0.0949. The quantitative estimate of drug-likeness (QED) is 0.749. The number of hydrogen-bond donors (Lipinski definition) is 1. The van der Waals surface area contributed by atoms with Crippen LogP contribution in [0, 0.1) is 0 Å². The zero-order valence-electron chi connectivity index (χ0n) is 13.6. The van der Waals surface area contributed by atoms with Gasteiger partial charge in [0.2, 0.25) is 0 Å². The Hall–Kier alpha value is -1.75. The fourth-order valence-electron chi connectivity index (χ4n) is 2.83. The van der Waals surface area contributed by atoms with Crippen molar-refractivity contribution < 1.29 is 14.3 Å². The Morgan fingerprint density at radius 1 is 1.18 bits per heavy atom. The number of carbonyl (C=O) groups is 1. The molecule has 5 nitrogen and oxygen atoms in total. The van der Waals surface area contributed by atoms with Gasteiger partial charge in [0, 0.05) is 6.54 Å². The lowest BCUT2D eigenvalue weighted by atomic mass is 10.1. The molecule has 1 fully saturated rings. The third kappa shape index (κ3) is 4.37. The van der Waals surface area contributed by atoms with Gasteiger partial charge >= 0.3 is 0 Å². The molecule has 1 aliphatic rings. The third-order valence-corrected chi connectivity index (χ3v) is 4.03. The molecule has 0 aliphatic carbocycles. The summed E-state index contributed by atoms with van der Waals surface area (Å²) < 4.78 is 10.5. The summed E-state index contributed by atoms with van der Waals surface area (Å²) >= 11 is 0. The first-order valence-electron chi connectivity index (χ1n) is 7.98. The predicted octanol–water partition coefficient (Wildman–Crippen LogP) is 2.31. The molecule has 1 amide bonds. The summed E-state index contributed by atoms with van der Waals surface area (Å²) in [6, 6.07) is 5.33. The highest BCUT2D eigenvalue weighted by molar-refractivity contribution is 5.97. The van der Waals surface area contributed by atoms with Crippen LogP contribution in [0.25, 0.3) is 0 Å². The molecule has 0 spiro atoms. The molecule has 1 aromatic carbocycles. The summed E-state index contributed by atoms with van der Waals surface area (Å²) in [7, 11) is 3.11. The molecule has 5 heteroatoms. The van der Waals surface area contributed by atoms with E-state index < -0.39 is 0 Å². The Bertz CT molecular complexity index is 485. The van der Waals surface area contributed by atoms with Crippen LogP contribution in [-0.2, 0) is 0 Å². The fourth-order valence-corrected chi connectivity index (χ4v) is 2.83. The number of unbranched alkanes of at least 4 members (excludes halogenated alkanes) is 1. The number of nitrogens with zero attached hydrogens (tertiary/aromatic N) is 1. The molecule has 1 aromatic rings. The van der Waals surface area contributed by atoms with Crippen molar-refractivity contribution in [2.75, 3.05) is 40.4 Å². The van der Waals surface area contributed by atoms with Crippen LogP contribution in [0.3, 0.4) is 0 Å². The first-order chi connectivity index (χ1) is 10.8. The van der Waals surface area contributed by atoms with Gasteiger partial charge < -0.3 is 19.7 Å². The largest absolute Gasteiger partial charge is 0.493 e. The standard InChI is InChI=1S/C17H26N2O3/c1-21-15-9-7-8-14(16(15)22-2)17(20)18-10-3-4-11-19-12-5-6-13-19/h7-9H,3-6,10-13H2,1-2H3,(H,18,20). The van der Waals surface area contributed by atoms with Crippen molar-refractivity contribution in [3.05, 3.63) is 23.8 Å². The van der Waals surface area contributed by atoms with Crippen LogP contribution in [-0.4, -0.2) is 51.2 Å². The summed E-state index contributed by atoms with van der Waals surface area (Å²) in [6.07, 6.45) is 4.77. The molecule has 1 saturated heterocycles. The van der Waals surface area contributed by atoms with E-state index in [9.17, 15) is 4.79 Å². The maximum absolute atomic E-state index is 12.3. The summed E-state index contributed by atoms with van der Waals surface area (Å²) in [5.41, 5.74) is 0.515. The van der Waals surface area contributed by atoms with Gasteiger partial charge in [-0.25, -0.2) is 0 Å². The van der Waals surface area contributed by atoms with E-state index in [0.717, 1.165) is 19.4 Å². The fraction of sp³-hybridized carbons (Fsp3) is 0.588. The van der Waals surface area contributed by atoms with Gasteiger partial charge in [0.15, 0.2) is 11.5 Å². The highest BCUT2D eigenvalue weighted by Crippen LogP contribution is 2.30. The Labute approximate surface area is 132 Å². The first-order valence-corrected chi connectivity index (χ1v) is 7.98. The van der Waals surface area contributed by atoms with Crippen molar-refractivity contribution >= 4 is 5.91 Å². The number of likely N-dealkylation sites (tertiary alicyclic amines) is 1. The van der Waals surface area contributed by atoms with Crippen molar-refractivity contribution in [3.63, 3.8) is 0 Å². The monoisotopic (exact) mass is 306 g/mol. The minimum atomic E-state index is -0.114. The van der Waals surface area contributed by atoms with Crippen LogP contribution in [0.5, 0.6) is 11.5 Å². The van der Waals surface area contributed by atoms with E-state index in [1.54, 1.807) is 32.4 Å². The van der Waals surface area contributed by atoms with Gasteiger partial charge in [0.05, 0.1) is 19.8 Å². The van der Waals surface area contributed by atoms with E-state index in [2.05, 4.69) is 10.2 Å². The second-order valence-electron chi connectivity index (χ2n) is 5.55. The smallest absolute Gasteiger partial charge is 0.255 e. The molecule has 0 aromatic heterocycles. The third-order valence-electron chi connectivity index (χ3n) is 4.03. The molecular formula is C17H26N2O3. The minimum absolute atomic E-state index is 0.114. The van der Waals surface area contributed by atoms with E-state index in [4.69, 9.17) is 9.47 Å². The average Bonchev–Trinajstić information content (AvgIpc) is 3.06. The van der Waals surface area contributed by atoms with Crippen LogP contribution in [0.1, 0.15) is 36.0 Å². The number of rotatable bonds is 8. The number of amides is 1. The second-order valence-corrected chi connectivity index (χ2v) is 5.55. The lowest BCUT2D eigenvalue weighted by Gasteiger charge is -2.14. The van der Waals surface area contributed by atoms with Crippen molar-refractivity contribution in [3.8, 4) is 11.5 Å². The predicted molar refractivity (Wildman–Crippen MR) is 86.8 cm³/mol. The zero-order chi connectivity index (χ0) is 15.8. The van der Waals surface area contributed by atoms with Crippen LogP contribution >= 0.6 is 0 Å². The van der Waals surface area contributed by atoms with Gasteiger partial charge in [-0.15, -0.1) is 0 Å². The van der Waals surface area contributed by atoms with Crippen molar-refractivity contribution in [1.82, 2.24) is 10.2 Å². The molecular weight excluding hydrogens is 280 g/mol. The molecule has 1 aliphatic heterocycles. The molecule has 0 atom stereocenters. The molecule has 22 heavy (non-hydrogen) atoms. The Morgan fingerprint density at radius 2 is 1.95 bits per heavy atom. The number of hydrogen-bond acceptors (Lipinski definition) is 4. The molecule has 0 saturated carbocycles. The van der Waals surface area contributed by atoms with Crippen LogP contribution in [0.15, 0.2) is 18.2 Å². The Balaban J connectivity index is 1.77. The molecule has 1 heterocycles. The second kappa shape index (κ2) is 8.63. The van der Waals surface area contributed by atoms with Gasteiger partial charge in [0.25, 0.3) is 5.91 Å². The van der Waals surface area contributed by atoms with Gasteiger partial charge in [-0.2, -0.15) is 0 Å². The zero-order valence-corrected chi connectivity index (χ0v) is 13.6. The number of carbonyl (C=O) groups excluding carboxylic acids is 1. The number of para-hydroxylation sites is 1. The van der Waals surface area contributed by atoms with E-state index in [0.29, 0.717) is 23.6 Å². The molecule has 0 radical (unpaired) electrons. The van der Waals surface area contributed by atoms with Gasteiger partial charge in [0.1, 0.15) is 0 Å². The van der Waals surface area contributed by atoms with Gasteiger partial charge in [-0.05, 0) is 57.5 Å². The highest BCUT2D eigenvalue weighted by Gasteiger charge is 2.16. The average molecular weight is 306 g/mol. The van der Waals surface area contributed by atoms with Crippen LogP contribution < -0.4 is 14.8 Å². The summed E-state index contributed by atoms with van der Waals surface area (Å²) in [6.45, 7) is 4.28. The normalized spacial score (nSPS) is 14.8.